The third kappa shape index (κ3) is 4.73. The van der Waals surface area contributed by atoms with Gasteiger partial charge in [0, 0.05) is 11.5 Å². The van der Waals surface area contributed by atoms with Crippen molar-refractivity contribution in [1.29, 1.82) is 0 Å². The molecule has 0 fully saturated rings. The van der Waals surface area contributed by atoms with Crippen LogP contribution in [0.1, 0.15) is 12.8 Å². The molecule has 68 valence electrons. The molecule has 0 aromatic carbocycles. The maximum Gasteiger partial charge on any atom is 0.331 e. The van der Waals surface area contributed by atoms with Gasteiger partial charge >= 0.3 is 11.9 Å². The molecule has 0 spiro atoms. The Hall–Kier alpha value is -1.03. The SMILES string of the molecule is O=C(O)CC(=CCCCl)C(=O)O. The number of carboxylic acid groups (broad SMARTS) is 2. The number of allylic oxidation sites excluding steroid dienone is 1. The number of hydrogen-bond donors (Lipinski definition) is 2. The fraction of sp³-hybridized carbons (Fsp3) is 0.429. The summed E-state index contributed by atoms with van der Waals surface area (Å²) in [7, 11) is 0. The van der Waals surface area contributed by atoms with E-state index in [9.17, 15) is 9.59 Å². The molecular formula is C7H9ClO4. The lowest BCUT2D eigenvalue weighted by atomic mass is 10.1. The Morgan fingerprint density at radius 2 is 1.92 bits per heavy atom. The van der Waals surface area contributed by atoms with Crippen LogP contribution < -0.4 is 0 Å². The zero-order valence-electron chi connectivity index (χ0n) is 6.29. The van der Waals surface area contributed by atoms with Crippen molar-refractivity contribution in [2.75, 3.05) is 5.88 Å². The van der Waals surface area contributed by atoms with Gasteiger partial charge in [-0.2, -0.15) is 0 Å². The summed E-state index contributed by atoms with van der Waals surface area (Å²) in [5.41, 5.74) is -0.122. The molecule has 0 saturated carbocycles. The minimum atomic E-state index is -1.21. The van der Waals surface area contributed by atoms with Crippen molar-refractivity contribution in [3.8, 4) is 0 Å². The van der Waals surface area contributed by atoms with Crippen molar-refractivity contribution in [3.63, 3.8) is 0 Å². The molecule has 0 radical (unpaired) electrons. The highest BCUT2D eigenvalue weighted by Gasteiger charge is 2.10. The van der Waals surface area contributed by atoms with Crippen LogP contribution in [-0.4, -0.2) is 28.0 Å². The van der Waals surface area contributed by atoms with Crippen molar-refractivity contribution in [1.82, 2.24) is 0 Å². The Morgan fingerprint density at radius 3 is 2.25 bits per heavy atom. The molecule has 0 aliphatic carbocycles. The highest BCUT2D eigenvalue weighted by molar-refractivity contribution is 6.17. The molecule has 5 heteroatoms. The zero-order chi connectivity index (χ0) is 9.56. The van der Waals surface area contributed by atoms with Gasteiger partial charge in [-0.05, 0) is 6.42 Å². The van der Waals surface area contributed by atoms with Crippen LogP contribution in [0.25, 0.3) is 0 Å². The molecule has 4 nitrogen and oxygen atoms in total. The summed E-state index contributed by atoms with van der Waals surface area (Å²) in [4.78, 5) is 20.5. The van der Waals surface area contributed by atoms with E-state index in [1.54, 1.807) is 0 Å². The van der Waals surface area contributed by atoms with Crippen molar-refractivity contribution >= 4 is 23.5 Å². The number of halogens is 1. The summed E-state index contributed by atoms with van der Waals surface area (Å²) >= 11 is 5.30. The topological polar surface area (TPSA) is 74.6 Å². The van der Waals surface area contributed by atoms with Crippen LogP contribution >= 0.6 is 11.6 Å². The summed E-state index contributed by atoms with van der Waals surface area (Å²) in [5, 5.41) is 16.8. The summed E-state index contributed by atoms with van der Waals surface area (Å²) < 4.78 is 0. The van der Waals surface area contributed by atoms with Gasteiger partial charge in [-0.15, -0.1) is 11.6 Å². The molecule has 0 atom stereocenters. The first-order chi connectivity index (χ1) is 5.57. The van der Waals surface area contributed by atoms with E-state index >= 15 is 0 Å². The first-order valence-corrected chi connectivity index (χ1v) is 3.81. The molecule has 0 bridgehead atoms. The molecule has 0 aromatic rings. The van der Waals surface area contributed by atoms with Crippen LogP contribution in [0.5, 0.6) is 0 Å². The lowest BCUT2D eigenvalue weighted by Crippen LogP contribution is -2.06. The number of carbonyl (C=O) groups is 2. The van der Waals surface area contributed by atoms with E-state index in [0.717, 1.165) is 0 Å². The molecule has 12 heavy (non-hydrogen) atoms. The highest BCUT2D eigenvalue weighted by Crippen LogP contribution is 2.03. The van der Waals surface area contributed by atoms with E-state index in [-0.39, 0.29) is 11.5 Å². The van der Waals surface area contributed by atoms with Gasteiger partial charge in [0.15, 0.2) is 0 Å². The predicted molar refractivity (Wildman–Crippen MR) is 43.3 cm³/mol. The van der Waals surface area contributed by atoms with Crippen LogP contribution in [0.15, 0.2) is 11.6 Å². The predicted octanol–water partition coefficient (Wildman–Crippen LogP) is 1.10. The van der Waals surface area contributed by atoms with Crippen LogP contribution in [0.2, 0.25) is 0 Å². The summed E-state index contributed by atoms with van der Waals surface area (Å²) in [6.07, 6.45) is 1.23. The molecule has 2 N–H and O–H groups in total. The van der Waals surface area contributed by atoms with Gasteiger partial charge in [0.25, 0.3) is 0 Å². The summed E-state index contributed by atoms with van der Waals surface area (Å²) in [6.45, 7) is 0. The standard InChI is InChI=1S/C7H9ClO4/c8-3-1-2-5(7(11)12)4-6(9)10/h2H,1,3-4H2,(H,9,10)(H,11,12). The zero-order valence-corrected chi connectivity index (χ0v) is 7.04. The lowest BCUT2D eigenvalue weighted by Gasteiger charge is -1.96. The number of carboxylic acids is 2. The average Bonchev–Trinajstić information content (AvgIpc) is 1.96. The second-order valence-electron chi connectivity index (χ2n) is 2.08. The van der Waals surface area contributed by atoms with Crippen molar-refractivity contribution < 1.29 is 19.8 Å². The average molecular weight is 193 g/mol. The number of alkyl halides is 1. The lowest BCUT2D eigenvalue weighted by molar-refractivity contribution is -0.139. The van der Waals surface area contributed by atoms with Crippen molar-refractivity contribution in [3.05, 3.63) is 11.6 Å². The van der Waals surface area contributed by atoms with Crippen molar-refractivity contribution in [2.45, 2.75) is 12.8 Å². The van der Waals surface area contributed by atoms with Crippen LogP contribution in [0.3, 0.4) is 0 Å². The molecule has 0 saturated heterocycles. The normalized spacial score (nSPS) is 11.2. The quantitative estimate of drug-likeness (QED) is 0.505. The Labute approximate surface area is 74.5 Å². The molecule has 0 aliphatic heterocycles. The number of hydrogen-bond acceptors (Lipinski definition) is 2. The molecule has 0 heterocycles. The Bertz CT molecular complexity index is 209. The Morgan fingerprint density at radius 1 is 1.33 bits per heavy atom. The monoisotopic (exact) mass is 192 g/mol. The fourth-order valence-corrected chi connectivity index (χ4v) is 0.736. The van der Waals surface area contributed by atoms with Gasteiger partial charge in [0.2, 0.25) is 0 Å². The van der Waals surface area contributed by atoms with Gasteiger partial charge in [0.1, 0.15) is 0 Å². The van der Waals surface area contributed by atoms with Gasteiger partial charge in [-0.25, -0.2) is 4.79 Å². The van der Waals surface area contributed by atoms with Crippen LogP contribution in [-0.2, 0) is 9.59 Å². The summed E-state index contributed by atoms with van der Waals surface area (Å²) in [6, 6.07) is 0. The Balaban J connectivity index is 4.22. The molecular weight excluding hydrogens is 184 g/mol. The Kier molecular flexibility index (Phi) is 5.12. The second kappa shape index (κ2) is 5.60. The largest absolute Gasteiger partial charge is 0.481 e. The van der Waals surface area contributed by atoms with Gasteiger partial charge < -0.3 is 10.2 Å². The third-order valence-electron chi connectivity index (χ3n) is 1.12. The van der Waals surface area contributed by atoms with Gasteiger partial charge in [-0.3, -0.25) is 4.79 Å². The van der Waals surface area contributed by atoms with E-state index < -0.39 is 18.4 Å². The highest BCUT2D eigenvalue weighted by atomic mass is 35.5. The van der Waals surface area contributed by atoms with E-state index in [2.05, 4.69) is 0 Å². The molecule has 0 aliphatic rings. The minimum Gasteiger partial charge on any atom is -0.481 e. The second-order valence-corrected chi connectivity index (χ2v) is 2.46. The molecule has 0 unspecified atom stereocenters. The maximum atomic E-state index is 10.4. The molecule has 0 amide bonds. The van der Waals surface area contributed by atoms with E-state index in [4.69, 9.17) is 21.8 Å². The first kappa shape index (κ1) is 11.0. The number of aliphatic carboxylic acids is 2. The van der Waals surface area contributed by atoms with E-state index in [1.807, 2.05) is 0 Å². The van der Waals surface area contributed by atoms with Crippen LogP contribution in [0.4, 0.5) is 0 Å². The van der Waals surface area contributed by atoms with Gasteiger partial charge in [0.05, 0.1) is 6.42 Å². The maximum absolute atomic E-state index is 10.4. The third-order valence-corrected chi connectivity index (χ3v) is 1.33. The molecule has 0 aromatic heterocycles. The smallest absolute Gasteiger partial charge is 0.331 e. The molecule has 0 rings (SSSR count). The van der Waals surface area contributed by atoms with E-state index in [1.165, 1.54) is 6.08 Å². The van der Waals surface area contributed by atoms with E-state index in [0.29, 0.717) is 6.42 Å². The van der Waals surface area contributed by atoms with Crippen LogP contribution in [0, 0.1) is 0 Å². The van der Waals surface area contributed by atoms with Crippen molar-refractivity contribution in [2.24, 2.45) is 0 Å². The number of rotatable bonds is 5. The first-order valence-electron chi connectivity index (χ1n) is 3.28. The summed E-state index contributed by atoms with van der Waals surface area (Å²) in [5.74, 6) is -2.07. The van der Waals surface area contributed by atoms with Gasteiger partial charge in [-0.1, -0.05) is 6.08 Å². The fourth-order valence-electron chi connectivity index (χ4n) is 0.627. The minimum absolute atomic E-state index is 0.122.